The molecular formula is C27H30ClNO2. The number of allylic oxidation sites excluding steroid dienone is 1. The summed E-state index contributed by atoms with van der Waals surface area (Å²) < 4.78 is 0. The van der Waals surface area contributed by atoms with E-state index in [0.717, 1.165) is 49.5 Å². The minimum atomic E-state index is -0.879. The molecule has 3 nitrogen and oxygen atoms in total. The monoisotopic (exact) mass is 435 g/mol. The Morgan fingerprint density at radius 2 is 1.71 bits per heavy atom. The Morgan fingerprint density at radius 1 is 1.03 bits per heavy atom. The average Bonchev–Trinajstić information content (AvgIpc) is 2.75. The van der Waals surface area contributed by atoms with Crippen molar-refractivity contribution in [1.82, 2.24) is 4.90 Å². The molecule has 0 amide bonds. The van der Waals surface area contributed by atoms with E-state index in [1.54, 1.807) is 17.7 Å². The van der Waals surface area contributed by atoms with Gasteiger partial charge in [0.25, 0.3) is 0 Å². The SMILES string of the molecule is CC1(C)CCC(c2ccc(Cl)cc2)=C(CN2CC=C(c3ccc(C(=O)O)cc3)CC2)C1. The maximum absolute atomic E-state index is 11.1. The first-order valence-corrected chi connectivity index (χ1v) is 11.4. The van der Waals surface area contributed by atoms with Crippen molar-refractivity contribution in [2.75, 3.05) is 19.6 Å². The normalized spacial score (nSPS) is 19.3. The molecule has 0 aromatic heterocycles. The van der Waals surface area contributed by atoms with Gasteiger partial charge in [-0.1, -0.05) is 61.4 Å². The lowest BCUT2D eigenvalue weighted by Gasteiger charge is -2.36. The third-order valence-electron chi connectivity index (χ3n) is 6.57. The second-order valence-corrected chi connectivity index (χ2v) is 9.96. The van der Waals surface area contributed by atoms with Crippen LogP contribution in [0.15, 0.2) is 60.2 Å². The topological polar surface area (TPSA) is 40.5 Å². The van der Waals surface area contributed by atoms with Crippen LogP contribution in [-0.4, -0.2) is 35.6 Å². The molecular weight excluding hydrogens is 406 g/mol. The molecule has 0 fully saturated rings. The second-order valence-electron chi connectivity index (χ2n) is 9.53. The van der Waals surface area contributed by atoms with E-state index in [0.29, 0.717) is 11.0 Å². The van der Waals surface area contributed by atoms with Gasteiger partial charge in [-0.2, -0.15) is 0 Å². The Balaban J connectivity index is 1.50. The van der Waals surface area contributed by atoms with Crippen LogP contribution in [0.1, 0.15) is 61.0 Å². The zero-order valence-corrected chi connectivity index (χ0v) is 19.1. The van der Waals surface area contributed by atoms with Crippen LogP contribution in [0.4, 0.5) is 0 Å². The number of aromatic carboxylic acids is 1. The molecule has 2 aromatic rings. The van der Waals surface area contributed by atoms with Crippen LogP contribution in [0.3, 0.4) is 0 Å². The molecule has 2 aliphatic rings. The maximum atomic E-state index is 11.1. The number of hydrogen-bond donors (Lipinski definition) is 1. The van der Waals surface area contributed by atoms with Gasteiger partial charge in [0.1, 0.15) is 0 Å². The molecule has 0 bridgehead atoms. The Morgan fingerprint density at radius 3 is 2.32 bits per heavy atom. The molecule has 0 atom stereocenters. The van der Waals surface area contributed by atoms with Gasteiger partial charge in [0.05, 0.1) is 5.56 Å². The highest BCUT2D eigenvalue weighted by Crippen LogP contribution is 2.43. The third kappa shape index (κ3) is 5.28. The van der Waals surface area contributed by atoms with Crippen LogP contribution in [-0.2, 0) is 0 Å². The highest BCUT2D eigenvalue weighted by molar-refractivity contribution is 6.30. The Kier molecular flexibility index (Phi) is 6.36. The lowest BCUT2D eigenvalue weighted by Crippen LogP contribution is -2.33. The fourth-order valence-corrected chi connectivity index (χ4v) is 4.90. The first-order chi connectivity index (χ1) is 14.8. The van der Waals surface area contributed by atoms with Gasteiger partial charge in [-0.05, 0) is 77.6 Å². The molecule has 1 aliphatic carbocycles. The number of halogens is 1. The van der Waals surface area contributed by atoms with Gasteiger partial charge in [-0.15, -0.1) is 0 Å². The van der Waals surface area contributed by atoms with Crippen molar-refractivity contribution in [2.24, 2.45) is 5.41 Å². The summed E-state index contributed by atoms with van der Waals surface area (Å²) in [6, 6.07) is 15.5. The van der Waals surface area contributed by atoms with E-state index < -0.39 is 5.97 Å². The summed E-state index contributed by atoms with van der Waals surface area (Å²) in [5.74, 6) is -0.879. The number of carboxylic acid groups (broad SMARTS) is 1. The van der Waals surface area contributed by atoms with Crippen molar-refractivity contribution in [1.29, 1.82) is 0 Å². The van der Waals surface area contributed by atoms with E-state index in [9.17, 15) is 4.79 Å². The van der Waals surface area contributed by atoms with Gasteiger partial charge in [-0.25, -0.2) is 4.79 Å². The van der Waals surface area contributed by atoms with Crippen LogP contribution < -0.4 is 0 Å². The van der Waals surface area contributed by atoms with Crippen LogP contribution in [0.2, 0.25) is 5.02 Å². The van der Waals surface area contributed by atoms with E-state index in [1.165, 1.54) is 23.1 Å². The predicted octanol–water partition coefficient (Wildman–Crippen LogP) is 6.79. The van der Waals surface area contributed by atoms with E-state index in [-0.39, 0.29) is 0 Å². The number of carboxylic acids is 1. The van der Waals surface area contributed by atoms with Crippen LogP contribution in [0.25, 0.3) is 11.1 Å². The molecule has 162 valence electrons. The largest absolute Gasteiger partial charge is 0.478 e. The highest BCUT2D eigenvalue weighted by atomic mass is 35.5. The summed E-state index contributed by atoms with van der Waals surface area (Å²) in [5, 5.41) is 9.88. The van der Waals surface area contributed by atoms with Crippen molar-refractivity contribution >= 4 is 28.7 Å². The van der Waals surface area contributed by atoms with Gasteiger partial charge < -0.3 is 5.11 Å². The predicted molar refractivity (Wildman–Crippen MR) is 128 cm³/mol. The van der Waals surface area contributed by atoms with Gasteiger partial charge in [0.15, 0.2) is 0 Å². The number of nitrogens with zero attached hydrogens (tertiary/aromatic N) is 1. The fraction of sp³-hybridized carbons (Fsp3) is 0.370. The van der Waals surface area contributed by atoms with Gasteiger partial charge in [0.2, 0.25) is 0 Å². The molecule has 1 N–H and O–H groups in total. The fourth-order valence-electron chi connectivity index (χ4n) is 4.78. The molecule has 4 rings (SSSR count). The molecule has 2 aromatic carbocycles. The quantitative estimate of drug-likeness (QED) is 0.561. The smallest absolute Gasteiger partial charge is 0.335 e. The molecule has 0 saturated carbocycles. The van der Waals surface area contributed by atoms with Crippen molar-refractivity contribution in [3.63, 3.8) is 0 Å². The van der Waals surface area contributed by atoms with Crippen LogP contribution in [0.5, 0.6) is 0 Å². The standard InChI is InChI=1S/C27H30ClNO2/c1-27(2)14-11-25(21-7-9-24(28)10-8-21)23(17-27)18-29-15-12-20(13-16-29)19-3-5-22(6-4-19)26(30)31/h3-10,12H,11,13-18H2,1-2H3,(H,30,31). The molecule has 31 heavy (non-hydrogen) atoms. The summed E-state index contributed by atoms with van der Waals surface area (Å²) in [6.07, 6.45) is 6.75. The van der Waals surface area contributed by atoms with Crippen molar-refractivity contribution in [3.8, 4) is 0 Å². The van der Waals surface area contributed by atoms with Crippen molar-refractivity contribution in [3.05, 3.63) is 81.9 Å². The molecule has 4 heteroatoms. The second kappa shape index (κ2) is 9.02. The summed E-state index contributed by atoms with van der Waals surface area (Å²) in [4.78, 5) is 13.6. The zero-order chi connectivity index (χ0) is 22.0. The summed E-state index contributed by atoms with van der Waals surface area (Å²) >= 11 is 6.12. The van der Waals surface area contributed by atoms with Crippen LogP contribution >= 0.6 is 11.6 Å². The number of rotatable bonds is 5. The Hall–Kier alpha value is -2.36. The first kappa shape index (κ1) is 21.9. The molecule has 0 radical (unpaired) electrons. The molecule has 1 heterocycles. The molecule has 0 unspecified atom stereocenters. The van der Waals surface area contributed by atoms with E-state index in [4.69, 9.17) is 16.7 Å². The summed E-state index contributed by atoms with van der Waals surface area (Å²) in [7, 11) is 0. The third-order valence-corrected chi connectivity index (χ3v) is 6.83. The Labute approximate surface area is 190 Å². The van der Waals surface area contributed by atoms with Gasteiger partial charge in [-0.3, -0.25) is 4.90 Å². The summed E-state index contributed by atoms with van der Waals surface area (Å²) in [5.41, 5.74) is 7.48. The molecule has 1 aliphatic heterocycles. The minimum absolute atomic E-state index is 0.336. The van der Waals surface area contributed by atoms with Crippen LogP contribution in [0, 0.1) is 5.41 Å². The first-order valence-electron chi connectivity index (χ1n) is 11.0. The van der Waals surface area contributed by atoms with Gasteiger partial charge >= 0.3 is 5.97 Å². The molecule has 0 spiro atoms. The molecule has 0 saturated heterocycles. The van der Waals surface area contributed by atoms with Crippen molar-refractivity contribution in [2.45, 2.75) is 39.5 Å². The number of carbonyl (C=O) groups is 1. The maximum Gasteiger partial charge on any atom is 0.335 e. The number of hydrogen-bond acceptors (Lipinski definition) is 2. The minimum Gasteiger partial charge on any atom is -0.478 e. The van der Waals surface area contributed by atoms with E-state index in [1.807, 2.05) is 24.3 Å². The zero-order valence-electron chi connectivity index (χ0n) is 18.3. The van der Waals surface area contributed by atoms with E-state index >= 15 is 0 Å². The van der Waals surface area contributed by atoms with Crippen molar-refractivity contribution < 1.29 is 9.90 Å². The highest BCUT2D eigenvalue weighted by Gasteiger charge is 2.29. The van der Waals surface area contributed by atoms with Gasteiger partial charge in [0, 0.05) is 24.7 Å². The Bertz CT molecular complexity index is 1020. The average molecular weight is 436 g/mol. The summed E-state index contributed by atoms with van der Waals surface area (Å²) in [6.45, 7) is 7.70. The number of benzene rings is 2. The lowest BCUT2D eigenvalue weighted by atomic mass is 9.72. The lowest BCUT2D eigenvalue weighted by molar-refractivity contribution is 0.0697. The van der Waals surface area contributed by atoms with E-state index in [2.05, 4.69) is 37.0 Å².